The fourth-order valence-electron chi connectivity index (χ4n) is 2.46. The predicted molar refractivity (Wildman–Crippen MR) is 107 cm³/mol. The maximum absolute atomic E-state index is 14.4. The zero-order valence-electron chi connectivity index (χ0n) is 14.7. The highest BCUT2D eigenvalue weighted by Crippen LogP contribution is 2.32. The van der Waals surface area contributed by atoms with Gasteiger partial charge in [-0.25, -0.2) is 8.78 Å². The normalized spacial score (nSPS) is 10.6. The minimum Gasteiger partial charge on any atom is -0.481 e. The van der Waals surface area contributed by atoms with Crippen LogP contribution in [-0.4, -0.2) is 23.5 Å². The van der Waals surface area contributed by atoms with Crippen molar-refractivity contribution in [2.75, 3.05) is 11.9 Å². The van der Waals surface area contributed by atoms with Gasteiger partial charge >= 0.3 is 5.97 Å². The van der Waals surface area contributed by atoms with Gasteiger partial charge in [0.1, 0.15) is 0 Å². The van der Waals surface area contributed by atoms with Gasteiger partial charge in [-0.2, -0.15) is 0 Å². The molecular formula is C19H18BrClF2N2O3. The molecule has 0 aliphatic carbocycles. The zero-order valence-corrected chi connectivity index (χ0v) is 17.0. The Morgan fingerprint density at radius 1 is 1.11 bits per heavy atom. The third kappa shape index (κ3) is 6.17. The van der Waals surface area contributed by atoms with Crippen molar-refractivity contribution in [3.8, 4) is 0 Å². The number of rotatable bonds is 9. The molecule has 2 aromatic rings. The first kappa shape index (κ1) is 22.1. The molecule has 0 saturated heterocycles. The van der Waals surface area contributed by atoms with Gasteiger partial charge in [0, 0.05) is 17.4 Å². The van der Waals surface area contributed by atoms with Crippen LogP contribution in [0.4, 0.5) is 20.2 Å². The second kappa shape index (κ2) is 10.4. The van der Waals surface area contributed by atoms with Crippen LogP contribution in [0.2, 0.25) is 5.02 Å². The summed E-state index contributed by atoms with van der Waals surface area (Å²) in [6.45, 7) is 0.288. The summed E-state index contributed by atoms with van der Waals surface area (Å²) in [4.78, 5) is 22.9. The van der Waals surface area contributed by atoms with E-state index in [4.69, 9.17) is 16.7 Å². The summed E-state index contributed by atoms with van der Waals surface area (Å²) in [7, 11) is 0. The lowest BCUT2D eigenvalue weighted by Crippen LogP contribution is -2.25. The Labute approximate surface area is 174 Å². The molecule has 0 aliphatic heterocycles. The number of carbonyl (C=O) groups excluding carboxylic acids is 1. The highest BCUT2D eigenvalue weighted by molar-refractivity contribution is 9.10. The second-order valence-electron chi connectivity index (χ2n) is 5.99. The van der Waals surface area contributed by atoms with Crippen molar-refractivity contribution >= 4 is 50.8 Å². The second-order valence-corrected chi connectivity index (χ2v) is 7.32. The van der Waals surface area contributed by atoms with Crippen LogP contribution in [0.5, 0.6) is 0 Å². The Balaban J connectivity index is 2.10. The number of unbranched alkanes of at least 4 members (excludes halogenated alkanes) is 2. The van der Waals surface area contributed by atoms with E-state index in [1.165, 1.54) is 6.07 Å². The molecule has 0 saturated carbocycles. The van der Waals surface area contributed by atoms with E-state index in [0.29, 0.717) is 29.4 Å². The lowest BCUT2D eigenvalue weighted by molar-refractivity contribution is -0.137. The minimum atomic E-state index is -1.19. The van der Waals surface area contributed by atoms with Crippen molar-refractivity contribution in [3.05, 3.63) is 57.0 Å². The van der Waals surface area contributed by atoms with Crippen molar-refractivity contribution in [2.24, 2.45) is 0 Å². The molecule has 0 fully saturated rings. The molecule has 9 heteroatoms. The number of anilines is 2. The maximum atomic E-state index is 14.4. The van der Waals surface area contributed by atoms with E-state index in [2.05, 4.69) is 26.6 Å². The molecule has 0 heterocycles. The molecule has 0 unspecified atom stereocenters. The SMILES string of the molecule is O=C(O)CCCCCNC(=O)c1ccc(F)c(F)c1Nc1ccc(Br)cc1Cl. The lowest BCUT2D eigenvalue weighted by Gasteiger charge is -2.15. The van der Waals surface area contributed by atoms with Gasteiger partial charge in [-0.1, -0.05) is 34.0 Å². The number of aliphatic carboxylic acids is 1. The number of carboxylic acids is 1. The molecule has 0 spiro atoms. The van der Waals surface area contributed by atoms with E-state index in [-0.39, 0.29) is 29.2 Å². The largest absolute Gasteiger partial charge is 0.481 e. The smallest absolute Gasteiger partial charge is 0.303 e. The van der Waals surface area contributed by atoms with Crippen LogP contribution in [0.15, 0.2) is 34.8 Å². The van der Waals surface area contributed by atoms with Gasteiger partial charge in [0.2, 0.25) is 0 Å². The van der Waals surface area contributed by atoms with E-state index < -0.39 is 23.5 Å². The number of halogens is 4. The zero-order chi connectivity index (χ0) is 20.7. The molecule has 0 radical (unpaired) electrons. The van der Waals surface area contributed by atoms with Crippen LogP contribution in [0.1, 0.15) is 36.0 Å². The number of hydrogen-bond donors (Lipinski definition) is 3. The third-order valence-corrected chi connectivity index (χ3v) is 4.69. The van der Waals surface area contributed by atoms with Gasteiger partial charge in [-0.15, -0.1) is 0 Å². The van der Waals surface area contributed by atoms with Gasteiger partial charge in [0.15, 0.2) is 11.6 Å². The fourth-order valence-corrected chi connectivity index (χ4v) is 3.18. The Morgan fingerprint density at radius 2 is 1.86 bits per heavy atom. The van der Waals surface area contributed by atoms with E-state index >= 15 is 0 Å². The van der Waals surface area contributed by atoms with Crippen molar-refractivity contribution in [3.63, 3.8) is 0 Å². The Morgan fingerprint density at radius 3 is 2.54 bits per heavy atom. The van der Waals surface area contributed by atoms with Crippen LogP contribution in [0, 0.1) is 11.6 Å². The first-order valence-corrected chi connectivity index (χ1v) is 9.66. The van der Waals surface area contributed by atoms with Crippen LogP contribution in [0.25, 0.3) is 0 Å². The van der Waals surface area contributed by atoms with Gasteiger partial charge in [-0.05, 0) is 43.2 Å². The monoisotopic (exact) mass is 474 g/mol. The Kier molecular flexibility index (Phi) is 8.19. The first-order valence-electron chi connectivity index (χ1n) is 8.49. The van der Waals surface area contributed by atoms with Crippen molar-refractivity contribution in [2.45, 2.75) is 25.7 Å². The molecule has 0 aliphatic rings. The van der Waals surface area contributed by atoms with E-state index in [1.54, 1.807) is 18.2 Å². The van der Waals surface area contributed by atoms with Crippen LogP contribution in [0.3, 0.4) is 0 Å². The van der Waals surface area contributed by atoms with Crippen molar-refractivity contribution in [1.82, 2.24) is 5.32 Å². The molecule has 3 N–H and O–H groups in total. The van der Waals surface area contributed by atoms with E-state index in [0.717, 1.165) is 6.07 Å². The molecule has 5 nitrogen and oxygen atoms in total. The van der Waals surface area contributed by atoms with Crippen LogP contribution in [-0.2, 0) is 4.79 Å². The number of amides is 1. The molecule has 0 aromatic heterocycles. The summed E-state index contributed by atoms with van der Waals surface area (Å²) in [5, 5.41) is 14.2. The third-order valence-electron chi connectivity index (χ3n) is 3.88. The summed E-state index contributed by atoms with van der Waals surface area (Å²) in [5.74, 6) is -3.73. The van der Waals surface area contributed by atoms with Gasteiger partial charge < -0.3 is 15.7 Å². The van der Waals surface area contributed by atoms with Crippen LogP contribution >= 0.6 is 27.5 Å². The number of carbonyl (C=O) groups is 2. The molecule has 2 rings (SSSR count). The molecule has 0 bridgehead atoms. The summed E-state index contributed by atoms with van der Waals surface area (Å²) in [6.07, 6.45) is 1.78. The van der Waals surface area contributed by atoms with Gasteiger partial charge in [-0.3, -0.25) is 9.59 Å². The first-order chi connectivity index (χ1) is 13.3. The van der Waals surface area contributed by atoms with Gasteiger partial charge in [0.05, 0.1) is 22.0 Å². The average Bonchev–Trinajstić information content (AvgIpc) is 2.63. The Bertz CT molecular complexity index is 880. The molecule has 28 heavy (non-hydrogen) atoms. The molecule has 2 aromatic carbocycles. The standard InChI is InChI=1S/C19H18BrClF2N2O3/c20-11-5-8-15(13(21)10-11)25-18-12(6-7-14(22)17(18)23)19(28)24-9-3-1-2-4-16(26)27/h5-8,10,25H,1-4,9H2,(H,24,28)(H,26,27). The minimum absolute atomic E-state index is 0.0663. The number of carboxylic acid groups (broad SMARTS) is 1. The predicted octanol–water partition coefficient (Wildman–Crippen LogP) is 5.50. The average molecular weight is 476 g/mol. The highest BCUT2D eigenvalue weighted by Gasteiger charge is 2.19. The molecule has 150 valence electrons. The fraction of sp³-hybridized carbons (Fsp3) is 0.263. The Hall–Kier alpha value is -2.19. The topological polar surface area (TPSA) is 78.4 Å². The molecule has 1 amide bonds. The number of benzene rings is 2. The molecule has 0 atom stereocenters. The summed E-state index contributed by atoms with van der Waals surface area (Å²) in [5.41, 5.74) is -0.0619. The number of hydrogen-bond acceptors (Lipinski definition) is 3. The lowest BCUT2D eigenvalue weighted by atomic mass is 10.1. The summed E-state index contributed by atoms with van der Waals surface area (Å²) < 4.78 is 28.8. The van der Waals surface area contributed by atoms with E-state index in [9.17, 15) is 18.4 Å². The summed E-state index contributed by atoms with van der Waals surface area (Å²) in [6, 6.07) is 6.89. The quantitative estimate of drug-likeness (QED) is 0.419. The molecular weight excluding hydrogens is 458 g/mol. The highest BCUT2D eigenvalue weighted by atomic mass is 79.9. The maximum Gasteiger partial charge on any atom is 0.303 e. The van der Waals surface area contributed by atoms with Gasteiger partial charge in [0.25, 0.3) is 5.91 Å². The van der Waals surface area contributed by atoms with Crippen molar-refractivity contribution < 1.29 is 23.5 Å². The van der Waals surface area contributed by atoms with Crippen molar-refractivity contribution in [1.29, 1.82) is 0 Å². The van der Waals surface area contributed by atoms with E-state index in [1.807, 2.05) is 0 Å². The van der Waals surface area contributed by atoms with Crippen LogP contribution < -0.4 is 10.6 Å². The summed E-state index contributed by atoms with van der Waals surface area (Å²) >= 11 is 9.36. The number of nitrogens with one attached hydrogen (secondary N) is 2.